The smallest absolute Gasteiger partial charge is 0.205 e. The lowest BCUT2D eigenvalue weighted by atomic mass is 9.87. The fourth-order valence-electron chi connectivity index (χ4n) is 3.25. The molecule has 1 aromatic heterocycles. The van der Waals surface area contributed by atoms with E-state index < -0.39 is 0 Å². The first kappa shape index (κ1) is 16.3. The number of methoxy groups -OCH3 is 2. The molecule has 0 spiro atoms. The van der Waals surface area contributed by atoms with Crippen molar-refractivity contribution in [2.75, 3.05) is 14.2 Å². The third kappa shape index (κ3) is 2.37. The molecular formula is C20H16N2O3S. The number of rotatable bonds is 3. The third-order valence-corrected chi connectivity index (χ3v) is 5.69. The molecule has 0 aliphatic carbocycles. The van der Waals surface area contributed by atoms with Gasteiger partial charge in [0.25, 0.3) is 0 Å². The molecule has 26 heavy (non-hydrogen) atoms. The van der Waals surface area contributed by atoms with E-state index in [0.717, 1.165) is 20.5 Å². The molecule has 0 radical (unpaired) electrons. The second-order valence-electron chi connectivity index (χ2n) is 5.82. The highest BCUT2D eigenvalue weighted by Crippen LogP contribution is 2.52. The summed E-state index contributed by atoms with van der Waals surface area (Å²) in [5.74, 6) is 1.82. The normalized spacial score (nSPS) is 16.0. The zero-order chi connectivity index (χ0) is 18.3. The van der Waals surface area contributed by atoms with Crippen LogP contribution in [0.2, 0.25) is 0 Å². The summed E-state index contributed by atoms with van der Waals surface area (Å²) in [4.78, 5) is 0.945. The van der Waals surface area contributed by atoms with Crippen LogP contribution in [0.3, 0.4) is 0 Å². The van der Waals surface area contributed by atoms with Crippen molar-refractivity contribution in [1.29, 1.82) is 5.26 Å². The summed E-state index contributed by atoms with van der Waals surface area (Å²) in [5.41, 5.74) is 7.34. The van der Waals surface area contributed by atoms with Gasteiger partial charge in [0.15, 0.2) is 5.75 Å². The molecule has 3 aromatic rings. The van der Waals surface area contributed by atoms with Gasteiger partial charge in [-0.05, 0) is 18.2 Å². The SMILES string of the molecule is COc1ccc(C2C(C#N)=C(N)Oc3c2sc2ccccc32)c(OC)c1. The van der Waals surface area contributed by atoms with Crippen molar-refractivity contribution >= 4 is 21.4 Å². The third-order valence-electron chi connectivity index (χ3n) is 4.48. The molecule has 0 saturated carbocycles. The Balaban J connectivity index is 1.99. The van der Waals surface area contributed by atoms with E-state index in [2.05, 4.69) is 6.07 Å². The maximum absolute atomic E-state index is 9.73. The molecule has 0 fully saturated rings. The van der Waals surface area contributed by atoms with Crippen LogP contribution >= 0.6 is 11.3 Å². The summed E-state index contributed by atoms with van der Waals surface area (Å²) in [6, 6.07) is 15.8. The summed E-state index contributed by atoms with van der Waals surface area (Å²) >= 11 is 1.60. The van der Waals surface area contributed by atoms with Crippen molar-refractivity contribution < 1.29 is 14.2 Å². The van der Waals surface area contributed by atoms with Crippen molar-refractivity contribution in [2.24, 2.45) is 5.73 Å². The van der Waals surface area contributed by atoms with E-state index in [-0.39, 0.29) is 11.8 Å². The monoisotopic (exact) mass is 364 g/mol. The first-order valence-corrected chi connectivity index (χ1v) is 8.80. The number of nitrogens with zero attached hydrogens (tertiary/aromatic N) is 1. The van der Waals surface area contributed by atoms with Crippen LogP contribution in [0.25, 0.3) is 10.1 Å². The number of benzene rings is 2. The molecule has 2 aromatic carbocycles. The van der Waals surface area contributed by atoms with Crippen LogP contribution in [0, 0.1) is 11.3 Å². The topological polar surface area (TPSA) is 77.5 Å². The average molecular weight is 364 g/mol. The molecule has 0 saturated heterocycles. The van der Waals surface area contributed by atoms with Gasteiger partial charge in [0.2, 0.25) is 5.88 Å². The van der Waals surface area contributed by atoms with Crippen LogP contribution in [-0.2, 0) is 0 Å². The second-order valence-corrected chi connectivity index (χ2v) is 6.91. The van der Waals surface area contributed by atoms with E-state index in [1.807, 2.05) is 42.5 Å². The molecule has 2 heterocycles. The van der Waals surface area contributed by atoms with E-state index in [0.29, 0.717) is 22.8 Å². The number of nitrogens with two attached hydrogens (primary N) is 1. The van der Waals surface area contributed by atoms with E-state index in [1.165, 1.54) is 0 Å². The summed E-state index contributed by atoms with van der Waals surface area (Å²) in [6.07, 6.45) is 0. The first-order chi connectivity index (χ1) is 12.7. The molecule has 5 nitrogen and oxygen atoms in total. The predicted molar refractivity (Wildman–Crippen MR) is 101 cm³/mol. The molecule has 1 atom stereocenters. The number of hydrogen-bond acceptors (Lipinski definition) is 6. The minimum Gasteiger partial charge on any atom is -0.497 e. The van der Waals surface area contributed by atoms with Gasteiger partial charge in [-0.2, -0.15) is 5.26 Å². The zero-order valence-electron chi connectivity index (χ0n) is 14.3. The Kier molecular flexibility index (Phi) is 3.94. The number of fused-ring (bicyclic) bond motifs is 3. The standard InChI is InChI=1S/C20H16N2O3S/c1-23-11-7-8-12(15(9-11)24-2)17-14(10-21)20(22)25-18-13-5-3-4-6-16(13)26-19(17)18/h3-9,17H,22H2,1-2H3. The van der Waals surface area contributed by atoms with Crippen LogP contribution in [0.1, 0.15) is 16.4 Å². The molecule has 130 valence electrons. The summed E-state index contributed by atoms with van der Waals surface area (Å²) in [5, 5.41) is 10.7. The Morgan fingerprint density at radius 2 is 1.96 bits per heavy atom. The largest absolute Gasteiger partial charge is 0.497 e. The molecule has 0 bridgehead atoms. The van der Waals surface area contributed by atoms with Crippen LogP contribution in [0.5, 0.6) is 17.2 Å². The molecular weight excluding hydrogens is 348 g/mol. The highest BCUT2D eigenvalue weighted by atomic mass is 32.1. The van der Waals surface area contributed by atoms with Gasteiger partial charge in [-0.15, -0.1) is 11.3 Å². The van der Waals surface area contributed by atoms with Gasteiger partial charge in [0.05, 0.1) is 25.0 Å². The number of ether oxygens (including phenoxy) is 3. The number of thiophene rings is 1. The van der Waals surface area contributed by atoms with Crippen molar-refractivity contribution in [2.45, 2.75) is 5.92 Å². The molecule has 6 heteroatoms. The van der Waals surface area contributed by atoms with Gasteiger partial charge < -0.3 is 19.9 Å². The average Bonchev–Trinajstić information content (AvgIpc) is 3.04. The Hall–Kier alpha value is -3.17. The zero-order valence-corrected chi connectivity index (χ0v) is 15.1. The molecule has 1 aliphatic rings. The number of hydrogen-bond donors (Lipinski definition) is 1. The Morgan fingerprint density at radius 3 is 2.69 bits per heavy atom. The Morgan fingerprint density at radius 1 is 1.15 bits per heavy atom. The second kappa shape index (κ2) is 6.28. The lowest BCUT2D eigenvalue weighted by molar-refractivity contribution is 0.384. The van der Waals surface area contributed by atoms with E-state index in [4.69, 9.17) is 19.9 Å². The van der Waals surface area contributed by atoms with Crippen molar-refractivity contribution in [1.82, 2.24) is 0 Å². The Bertz CT molecular complexity index is 1080. The van der Waals surface area contributed by atoms with Gasteiger partial charge in [0, 0.05) is 21.7 Å². The van der Waals surface area contributed by atoms with Gasteiger partial charge in [-0.3, -0.25) is 0 Å². The van der Waals surface area contributed by atoms with E-state index in [9.17, 15) is 5.26 Å². The van der Waals surface area contributed by atoms with E-state index in [1.54, 1.807) is 25.6 Å². The molecule has 2 N–H and O–H groups in total. The predicted octanol–water partition coefficient (Wildman–Crippen LogP) is 4.14. The van der Waals surface area contributed by atoms with Gasteiger partial charge in [-0.25, -0.2) is 0 Å². The van der Waals surface area contributed by atoms with Crippen molar-refractivity contribution in [3.8, 4) is 23.3 Å². The number of nitriles is 1. The summed E-state index contributed by atoms with van der Waals surface area (Å²) in [7, 11) is 3.20. The quantitative estimate of drug-likeness (QED) is 0.756. The van der Waals surface area contributed by atoms with Gasteiger partial charge in [0.1, 0.15) is 23.1 Å². The van der Waals surface area contributed by atoms with Crippen molar-refractivity contribution in [3.63, 3.8) is 0 Å². The summed E-state index contributed by atoms with van der Waals surface area (Å²) in [6.45, 7) is 0. The van der Waals surface area contributed by atoms with Crippen LogP contribution in [0.4, 0.5) is 0 Å². The highest BCUT2D eigenvalue weighted by molar-refractivity contribution is 7.19. The van der Waals surface area contributed by atoms with Crippen LogP contribution in [-0.4, -0.2) is 14.2 Å². The van der Waals surface area contributed by atoms with Gasteiger partial charge >= 0.3 is 0 Å². The lowest BCUT2D eigenvalue weighted by Crippen LogP contribution is -2.20. The van der Waals surface area contributed by atoms with Crippen LogP contribution < -0.4 is 19.9 Å². The molecule has 4 rings (SSSR count). The maximum Gasteiger partial charge on any atom is 0.205 e. The fourth-order valence-corrected chi connectivity index (χ4v) is 4.51. The molecule has 0 amide bonds. The van der Waals surface area contributed by atoms with Crippen molar-refractivity contribution in [3.05, 3.63) is 64.4 Å². The Labute approximate surface area is 154 Å². The lowest BCUT2D eigenvalue weighted by Gasteiger charge is -2.25. The van der Waals surface area contributed by atoms with Crippen LogP contribution in [0.15, 0.2) is 53.9 Å². The van der Waals surface area contributed by atoms with Gasteiger partial charge in [-0.1, -0.05) is 18.2 Å². The minimum absolute atomic E-state index is 0.131. The highest BCUT2D eigenvalue weighted by Gasteiger charge is 2.35. The molecule has 1 unspecified atom stereocenters. The first-order valence-electron chi connectivity index (χ1n) is 7.98. The summed E-state index contributed by atoms with van der Waals surface area (Å²) < 4.78 is 17.8. The maximum atomic E-state index is 9.73. The molecule has 1 aliphatic heterocycles. The minimum atomic E-state index is -0.345. The fraction of sp³-hybridized carbons (Fsp3) is 0.150. The van der Waals surface area contributed by atoms with E-state index >= 15 is 0 Å². The number of allylic oxidation sites excluding steroid dienone is 1.